The summed E-state index contributed by atoms with van der Waals surface area (Å²) in [6, 6.07) is 26.6. The van der Waals surface area contributed by atoms with Crippen molar-refractivity contribution >= 4 is 22.4 Å². The van der Waals surface area contributed by atoms with Crippen LogP contribution in [0.2, 0.25) is 5.15 Å². The molecule has 0 saturated heterocycles. The Morgan fingerprint density at radius 2 is 1.74 bits per heavy atom. The summed E-state index contributed by atoms with van der Waals surface area (Å²) in [5.41, 5.74) is 5.38. The Labute approximate surface area is 225 Å². The molecular formula is C30H25ClN6O. The number of imidazole rings is 1. The second kappa shape index (κ2) is 10.5. The highest BCUT2D eigenvalue weighted by Gasteiger charge is 2.15. The standard InChI is InChI=1S/C30H25ClN6O/c1-38-25-11-9-21(10-12-25)18-37-30(31)29(34-35-37)24-13-15-32-27(17-24)28-19-36(20-33-28)16-14-23-7-4-6-22-5-2-3-8-26(22)23/h2-13,15,17,19-20H,14,16,18H2,1H3. The number of benzene rings is 3. The third-order valence-electron chi connectivity index (χ3n) is 6.61. The molecule has 0 fully saturated rings. The minimum atomic E-state index is 0.471. The van der Waals surface area contributed by atoms with Crippen molar-refractivity contribution in [3.8, 4) is 28.4 Å². The number of ether oxygens (including phenoxy) is 1. The maximum atomic E-state index is 6.68. The summed E-state index contributed by atoms with van der Waals surface area (Å²) in [4.78, 5) is 9.15. The van der Waals surface area contributed by atoms with Crippen LogP contribution >= 0.6 is 11.6 Å². The largest absolute Gasteiger partial charge is 0.497 e. The van der Waals surface area contributed by atoms with E-state index in [0.717, 1.165) is 41.2 Å². The first-order valence-electron chi connectivity index (χ1n) is 12.3. The van der Waals surface area contributed by atoms with Gasteiger partial charge in [0.1, 0.15) is 17.1 Å². The lowest BCUT2D eigenvalue weighted by molar-refractivity contribution is 0.414. The lowest BCUT2D eigenvalue weighted by Crippen LogP contribution is -2.02. The number of aromatic nitrogens is 6. The topological polar surface area (TPSA) is 70.7 Å². The highest BCUT2D eigenvalue weighted by molar-refractivity contribution is 6.32. The fraction of sp³-hybridized carbons (Fsp3) is 0.133. The van der Waals surface area contributed by atoms with E-state index in [9.17, 15) is 0 Å². The Hall–Kier alpha value is -4.49. The fourth-order valence-electron chi connectivity index (χ4n) is 4.58. The third-order valence-corrected chi connectivity index (χ3v) is 6.99. The van der Waals surface area contributed by atoms with Gasteiger partial charge in [-0.2, -0.15) is 0 Å². The van der Waals surface area contributed by atoms with Gasteiger partial charge in [0.15, 0.2) is 5.15 Å². The molecule has 0 saturated carbocycles. The van der Waals surface area contributed by atoms with Gasteiger partial charge in [0, 0.05) is 24.5 Å². The number of hydrogen-bond acceptors (Lipinski definition) is 5. The number of pyridine rings is 1. The zero-order valence-corrected chi connectivity index (χ0v) is 21.6. The van der Waals surface area contributed by atoms with E-state index in [2.05, 4.69) is 67.3 Å². The molecule has 0 spiro atoms. The number of rotatable bonds is 8. The van der Waals surface area contributed by atoms with Crippen LogP contribution in [0.1, 0.15) is 11.1 Å². The van der Waals surface area contributed by atoms with Crippen molar-refractivity contribution in [1.82, 2.24) is 29.5 Å². The monoisotopic (exact) mass is 520 g/mol. The lowest BCUT2D eigenvalue weighted by atomic mass is 10.0. The van der Waals surface area contributed by atoms with Gasteiger partial charge in [0.05, 0.1) is 25.7 Å². The van der Waals surface area contributed by atoms with Crippen molar-refractivity contribution in [2.24, 2.45) is 0 Å². The first-order chi connectivity index (χ1) is 18.7. The first kappa shape index (κ1) is 23.9. The summed E-state index contributed by atoms with van der Waals surface area (Å²) in [5.74, 6) is 0.805. The number of methoxy groups -OCH3 is 1. The molecule has 3 aromatic heterocycles. The Balaban J connectivity index is 1.18. The molecule has 0 atom stereocenters. The fourth-order valence-corrected chi connectivity index (χ4v) is 4.82. The second-order valence-corrected chi connectivity index (χ2v) is 9.41. The van der Waals surface area contributed by atoms with Gasteiger partial charge in [-0.05, 0) is 52.6 Å². The van der Waals surface area contributed by atoms with Gasteiger partial charge >= 0.3 is 0 Å². The highest BCUT2D eigenvalue weighted by Crippen LogP contribution is 2.28. The van der Waals surface area contributed by atoms with Crippen LogP contribution in [-0.4, -0.2) is 36.6 Å². The molecule has 6 aromatic rings. The van der Waals surface area contributed by atoms with Crippen LogP contribution in [0.4, 0.5) is 0 Å². The number of halogens is 1. The van der Waals surface area contributed by atoms with E-state index < -0.39 is 0 Å². The molecule has 0 bridgehead atoms. The van der Waals surface area contributed by atoms with Crippen molar-refractivity contribution in [1.29, 1.82) is 0 Å². The molecule has 3 aromatic carbocycles. The van der Waals surface area contributed by atoms with Crippen LogP contribution in [-0.2, 0) is 19.5 Å². The Morgan fingerprint density at radius 1 is 0.895 bits per heavy atom. The van der Waals surface area contributed by atoms with E-state index in [1.54, 1.807) is 18.0 Å². The van der Waals surface area contributed by atoms with Crippen LogP contribution in [0.5, 0.6) is 5.75 Å². The predicted octanol–water partition coefficient (Wildman–Crippen LogP) is 6.31. The van der Waals surface area contributed by atoms with Crippen LogP contribution in [0.3, 0.4) is 0 Å². The third kappa shape index (κ3) is 4.88. The van der Waals surface area contributed by atoms with E-state index in [1.165, 1.54) is 16.3 Å². The number of hydrogen-bond donors (Lipinski definition) is 0. The molecule has 6 rings (SSSR count). The van der Waals surface area contributed by atoms with Crippen molar-refractivity contribution in [2.45, 2.75) is 19.5 Å². The Bertz CT molecular complexity index is 1700. The average molecular weight is 521 g/mol. The maximum Gasteiger partial charge on any atom is 0.155 e. The van der Waals surface area contributed by atoms with Gasteiger partial charge in [-0.1, -0.05) is 71.4 Å². The number of nitrogens with zero attached hydrogens (tertiary/aromatic N) is 6. The summed E-state index contributed by atoms with van der Waals surface area (Å²) in [5, 5.41) is 11.6. The second-order valence-electron chi connectivity index (χ2n) is 9.05. The predicted molar refractivity (Wildman–Crippen MR) is 149 cm³/mol. The molecule has 0 unspecified atom stereocenters. The van der Waals surface area contributed by atoms with E-state index in [1.807, 2.05) is 48.9 Å². The van der Waals surface area contributed by atoms with Crippen molar-refractivity contribution in [3.05, 3.63) is 114 Å². The SMILES string of the molecule is COc1ccc(Cn2nnc(-c3ccnc(-c4cn(CCc5cccc6ccccc56)cn4)c3)c2Cl)cc1. The molecule has 3 heterocycles. The van der Waals surface area contributed by atoms with Crippen LogP contribution in [0.15, 0.2) is 97.6 Å². The Kier molecular flexibility index (Phi) is 6.58. The first-order valence-corrected chi connectivity index (χ1v) is 12.7. The zero-order chi connectivity index (χ0) is 25.9. The van der Waals surface area contributed by atoms with Gasteiger partial charge in [0.2, 0.25) is 0 Å². The van der Waals surface area contributed by atoms with Crippen molar-refractivity contribution in [2.75, 3.05) is 7.11 Å². The molecule has 0 N–H and O–H groups in total. The van der Waals surface area contributed by atoms with Gasteiger partial charge in [-0.3, -0.25) is 4.98 Å². The summed E-state index contributed by atoms with van der Waals surface area (Å²) in [6.07, 6.45) is 6.54. The summed E-state index contributed by atoms with van der Waals surface area (Å²) < 4.78 is 9.01. The lowest BCUT2D eigenvalue weighted by Gasteiger charge is -2.07. The van der Waals surface area contributed by atoms with Gasteiger partial charge in [0.25, 0.3) is 0 Å². The minimum absolute atomic E-state index is 0.471. The molecule has 0 aliphatic rings. The normalized spacial score (nSPS) is 11.2. The van der Waals surface area contributed by atoms with Crippen LogP contribution in [0, 0.1) is 0 Å². The number of fused-ring (bicyclic) bond motifs is 1. The van der Waals surface area contributed by atoms with E-state index >= 15 is 0 Å². The average Bonchev–Trinajstić information content (AvgIpc) is 3.59. The van der Waals surface area contributed by atoms with Gasteiger partial charge < -0.3 is 9.30 Å². The Morgan fingerprint density at radius 3 is 2.61 bits per heavy atom. The van der Waals surface area contributed by atoms with Gasteiger partial charge in [-0.15, -0.1) is 5.10 Å². The van der Waals surface area contributed by atoms with E-state index in [4.69, 9.17) is 16.3 Å². The molecule has 0 radical (unpaired) electrons. The van der Waals surface area contributed by atoms with Crippen molar-refractivity contribution < 1.29 is 4.74 Å². The summed E-state index contributed by atoms with van der Waals surface area (Å²) in [7, 11) is 1.65. The van der Waals surface area contributed by atoms with E-state index in [0.29, 0.717) is 17.4 Å². The molecule has 0 amide bonds. The minimum Gasteiger partial charge on any atom is -0.497 e. The van der Waals surface area contributed by atoms with Crippen LogP contribution < -0.4 is 4.74 Å². The summed E-state index contributed by atoms with van der Waals surface area (Å²) in [6.45, 7) is 1.33. The molecule has 7 nitrogen and oxygen atoms in total. The molecule has 0 aliphatic heterocycles. The zero-order valence-electron chi connectivity index (χ0n) is 20.8. The maximum absolute atomic E-state index is 6.68. The van der Waals surface area contributed by atoms with Gasteiger partial charge in [-0.25, -0.2) is 9.67 Å². The van der Waals surface area contributed by atoms with Crippen LogP contribution in [0.25, 0.3) is 33.4 Å². The number of aryl methyl sites for hydroxylation is 2. The molecule has 188 valence electrons. The molecule has 38 heavy (non-hydrogen) atoms. The molecule has 0 aliphatic carbocycles. The highest BCUT2D eigenvalue weighted by atomic mass is 35.5. The molecular weight excluding hydrogens is 496 g/mol. The quantitative estimate of drug-likeness (QED) is 0.235. The summed E-state index contributed by atoms with van der Waals surface area (Å²) >= 11 is 6.68. The van der Waals surface area contributed by atoms with Crippen molar-refractivity contribution in [3.63, 3.8) is 0 Å². The smallest absolute Gasteiger partial charge is 0.155 e. The van der Waals surface area contributed by atoms with E-state index in [-0.39, 0.29) is 0 Å². The molecule has 8 heteroatoms.